The van der Waals surface area contributed by atoms with Gasteiger partial charge in [-0.15, -0.1) is 0 Å². The Balaban J connectivity index is 2.50. The van der Waals surface area contributed by atoms with Gasteiger partial charge in [0.25, 0.3) is 15.7 Å². The first-order valence-corrected chi connectivity index (χ1v) is 9.19. The summed E-state index contributed by atoms with van der Waals surface area (Å²) in [5, 5.41) is 10.8. The van der Waals surface area contributed by atoms with Crippen LogP contribution in [0.2, 0.25) is 0 Å². The Morgan fingerprint density at radius 2 is 1.77 bits per heavy atom. The van der Waals surface area contributed by atoms with E-state index >= 15 is 0 Å². The van der Waals surface area contributed by atoms with Crippen LogP contribution in [0, 0.1) is 17.0 Å². The molecular weight excluding hydrogens is 360 g/mol. The molecule has 0 heterocycles. The van der Waals surface area contributed by atoms with E-state index in [0.717, 1.165) is 28.6 Å². The number of nitrogens with zero attached hydrogens (tertiary/aromatic N) is 2. The Bertz CT molecular complexity index is 909. The van der Waals surface area contributed by atoms with Crippen LogP contribution in [0.25, 0.3) is 0 Å². The van der Waals surface area contributed by atoms with Crippen LogP contribution in [0.15, 0.2) is 53.4 Å². The minimum absolute atomic E-state index is 0.123. The lowest BCUT2D eigenvalue weighted by atomic mass is 10.2. The molecule has 0 aromatic heterocycles. The van der Waals surface area contributed by atoms with E-state index in [1.54, 1.807) is 38.1 Å². The third-order valence-corrected chi connectivity index (χ3v) is 5.37. The van der Waals surface area contributed by atoms with Gasteiger partial charge in [-0.1, -0.05) is 18.2 Å². The van der Waals surface area contributed by atoms with Crippen molar-refractivity contribution >= 4 is 27.4 Å². The van der Waals surface area contributed by atoms with Gasteiger partial charge in [-0.05, 0) is 37.6 Å². The molecule has 2 aromatic rings. The second kappa shape index (κ2) is 7.96. The van der Waals surface area contributed by atoms with Gasteiger partial charge >= 0.3 is 5.97 Å². The van der Waals surface area contributed by atoms with E-state index in [-0.39, 0.29) is 17.2 Å². The van der Waals surface area contributed by atoms with Crippen LogP contribution in [0.4, 0.5) is 11.4 Å². The second-order valence-corrected chi connectivity index (χ2v) is 7.22. The number of carbonyl (C=O) groups excluding carboxylic acids is 1. The Morgan fingerprint density at radius 3 is 2.31 bits per heavy atom. The van der Waals surface area contributed by atoms with Crippen LogP contribution in [-0.2, 0) is 19.6 Å². The highest BCUT2D eigenvalue weighted by atomic mass is 32.2. The predicted molar refractivity (Wildman–Crippen MR) is 95.4 cm³/mol. The number of anilines is 1. The highest BCUT2D eigenvalue weighted by molar-refractivity contribution is 7.92. The summed E-state index contributed by atoms with van der Waals surface area (Å²) in [5.74, 6) is -0.693. The molecule has 0 bridgehead atoms. The number of esters is 1. The Kier molecular flexibility index (Phi) is 5.93. The van der Waals surface area contributed by atoms with E-state index in [9.17, 15) is 23.3 Å². The zero-order valence-corrected chi connectivity index (χ0v) is 15.1. The fourth-order valence-corrected chi connectivity index (χ4v) is 3.81. The van der Waals surface area contributed by atoms with Crippen molar-refractivity contribution in [3.05, 3.63) is 64.2 Å². The number of hydrogen-bond donors (Lipinski definition) is 0. The van der Waals surface area contributed by atoms with Gasteiger partial charge in [-0.25, -0.2) is 8.42 Å². The number of hydrogen-bond acceptors (Lipinski definition) is 6. The first kappa shape index (κ1) is 19.4. The molecule has 0 atom stereocenters. The quantitative estimate of drug-likeness (QED) is 0.416. The van der Waals surface area contributed by atoms with Crippen molar-refractivity contribution in [1.29, 1.82) is 0 Å². The van der Waals surface area contributed by atoms with Crippen molar-refractivity contribution < 1.29 is 22.9 Å². The van der Waals surface area contributed by atoms with Crippen molar-refractivity contribution in [1.82, 2.24) is 0 Å². The number of nitro benzene ring substituents is 1. The van der Waals surface area contributed by atoms with Crippen molar-refractivity contribution in [2.45, 2.75) is 18.7 Å². The first-order chi connectivity index (χ1) is 12.3. The Labute approximate surface area is 151 Å². The molecule has 138 valence electrons. The number of non-ortho nitro benzene ring substituents is 1. The van der Waals surface area contributed by atoms with Gasteiger partial charge in [0.2, 0.25) is 0 Å². The molecule has 0 fully saturated rings. The summed E-state index contributed by atoms with van der Waals surface area (Å²) >= 11 is 0. The lowest BCUT2D eigenvalue weighted by Gasteiger charge is -2.25. The summed E-state index contributed by atoms with van der Waals surface area (Å²) in [7, 11) is -4.12. The number of para-hydroxylation sites is 1. The van der Waals surface area contributed by atoms with Crippen LogP contribution in [-0.4, -0.2) is 32.5 Å². The van der Waals surface area contributed by atoms with E-state index in [1.807, 2.05) is 0 Å². The van der Waals surface area contributed by atoms with Crippen molar-refractivity contribution in [2.75, 3.05) is 17.5 Å². The van der Waals surface area contributed by atoms with E-state index in [2.05, 4.69) is 0 Å². The zero-order chi connectivity index (χ0) is 19.3. The molecule has 2 rings (SSSR count). The monoisotopic (exact) mass is 378 g/mol. The fourth-order valence-electron chi connectivity index (χ4n) is 2.33. The Hall–Kier alpha value is -2.94. The molecule has 0 saturated heterocycles. The minimum atomic E-state index is -4.12. The van der Waals surface area contributed by atoms with Crippen molar-refractivity contribution in [3.63, 3.8) is 0 Å². The van der Waals surface area contributed by atoms with Crippen LogP contribution < -0.4 is 4.31 Å². The molecular formula is C17H18N2O6S. The summed E-state index contributed by atoms with van der Waals surface area (Å²) in [5.41, 5.74) is 0.762. The smallest absolute Gasteiger partial charge is 0.326 e. The lowest BCUT2D eigenvalue weighted by Crippen LogP contribution is -2.37. The van der Waals surface area contributed by atoms with Crippen LogP contribution in [0.1, 0.15) is 12.5 Å². The normalized spacial score (nSPS) is 11.0. The van der Waals surface area contributed by atoms with Gasteiger partial charge in [-0.2, -0.15) is 0 Å². The second-order valence-electron chi connectivity index (χ2n) is 5.35. The van der Waals surface area contributed by atoms with Gasteiger partial charge in [0, 0.05) is 12.1 Å². The van der Waals surface area contributed by atoms with E-state index in [0.29, 0.717) is 11.3 Å². The summed E-state index contributed by atoms with van der Waals surface area (Å²) in [4.78, 5) is 21.9. The molecule has 2 aromatic carbocycles. The van der Waals surface area contributed by atoms with Gasteiger partial charge in [0.05, 0.1) is 22.1 Å². The van der Waals surface area contributed by atoms with Crippen molar-refractivity contribution in [2.24, 2.45) is 0 Å². The molecule has 0 aliphatic rings. The van der Waals surface area contributed by atoms with Gasteiger partial charge < -0.3 is 4.74 Å². The van der Waals surface area contributed by atoms with Gasteiger partial charge in [0.1, 0.15) is 6.54 Å². The molecule has 0 saturated carbocycles. The Morgan fingerprint density at radius 1 is 1.15 bits per heavy atom. The SMILES string of the molecule is CCOC(=O)CN(c1ccccc1C)S(=O)(=O)c1ccc([N+](=O)[O-])cc1. The van der Waals surface area contributed by atoms with Gasteiger partial charge in [0.15, 0.2) is 0 Å². The van der Waals surface area contributed by atoms with Crippen LogP contribution in [0.5, 0.6) is 0 Å². The molecule has 0 spiro atoms. The highest BCUT2D eigenvalue weighted by Gasteiger charge is 2.29. The number of aryl methyl sites for hydroxylation is 1. The van der Waals surface area contributed by atoms with E-state index in [1.165, 1.54) is 0 Å². The van der Waals surface area contributed by atoms with E-state index < -0.39 is 27.5 Å². The number of rotatable bonds is 7. The van der Waals surface area contributed by atoms with Crippen LogP contribution in [0.3, 0.4) is 0 Å². The molecule has 0 N–H and O–H groups in total. The largest absolute Gasteiger partial charge is 0.465 e. The summed E-state index contributed by atoms with van der Waals surface area (Å²) in [6.45, 7) is 2.97. The summed E-state index contributed by atoms with van der Waals surface area (Å²) in [6.07, 6.45) is 0. The molecule has 0 radical (unpaired) electrons. The molecule has 0 aliphatic carbocycles. The maximum atomic E-state index is 13.1. The summed E-state index contributed by atoms with van der Waals surface area (Å²) in [6, 6.07) is 11.2. The number of ether oxygens (including phenoxy) is 1. The number of benzene rings is 2. The summed E-state index contributed by atoms with van der Waals surface area (Å²) < 4.78 is 31.9. The van der Waals surface area contributed by atoms with Crippen LogP contribution >= 0.6 is 0 Å². The molecule has 9 heteroatoms. The first-order valence-electron chi connectivity index (χ1n) is 7.75. The topological polar surface area (TPSA) is 107 Å². The zero-order valence-electron chi connectivity index (χ0n) is 14.3. The molecule has 8 nitrogen and oxygen atoms in total. The average molecular weight is 378 g/mol. The molecule has 26 heavy (non-hydrogen) atoms. The van der Waals surface area contributed by atoms with Gasteiger partial charge in [-0.3, -0.25) is 19.2 Å². The maximum Gasteiger partial charge on any atom is 0.326 e. The minimum Gasteiger partial charge on any atom is -0.465 e. The number of sulfonamides is 1. The lowest BCUT2D eigenvalue weighted by molar-refractivity contribution is -0.384. The third kappa shape index (κ3) is 4.17. The molecule has 0 unspecified atom stereocenters. The number of nitro groups is 1. The molecule has 0 amide bonds. The fraction of sp³-hybridized carbons (Fsp3) is 0.235. The predicted octanol–water partition coefficient (Wildman–Crippen LogP) is 2.66. The highest BCUT2D eigenvalue weighted by Crippen LogP contribution is 2.27. The van der Waals surface area contributed by atoms with Crippen molar-refractivity contribution in [3.8, 4) is 0 Å². The third-order valence-electron chi connectivity index (χ3n) is 3.60. The number of carbonyl (C=O) groups is 1. The maximum absolute atomic E-state index is 13.1. The average Bonchev–Trinajstić information content (AvgIpc) is 2.60. The molecule has 0 aliphatic heterocycles. The van der Waals surface area contributed by atoms with E-state index in [4.69, 9.17) is 4.74 Å². The standard InChI is InChI=1S/C17H18N2O6S/c1-3-25-17(20)12-18(16-7-5-4-6-13(16)2)26(23,24)15-10-8-14(9-11-15)19(21)22/h4-11H,3,12H2,1-2H3.